The van der Waals surface area contributed by atoms with Crippen molar-refractivity contribution in [2.75, 3.05) is 53.5 Å². The summed E-state index contributed by atoms with van der Waals surface area (Å²) in [4.78, 5) is 31.2. The molecule has 0 saturated carbocycles. The first-order valence-corrected chi connectivity index (χ1v) is 9.57. The zero-order valence-corrected chi connectivity index (χ0v) is 16.3. The van der Waals surface area contributed by atoms with E-state index in [0.29, 0.717) is 45.8 Å². The summed E-state index contributed by atoms with van der Waals surface area (Å²) in [7, 11) is 3.76. The van der Waals surface area contributed by atoms with Crippen molar-refractivity contribution in [3.8, 4) is 0 Å². The molecule has 0 bridgehead atoms. The van der Waals surface area contributed by atoms with E-state index in [2.05, 4.69) is 17.3 Å². The van der Waals surface area contributed by atoms with Gasteiger partial charge < -0.3 is 24.3 Å². The van der Waals surface area contributed by atoms with Crippen LogP contribution in [0.25, 0.3) is 0 Å². The molecule has 1 aromatic rings. The van der Waals surface area contributed by atoms with Crippen LogP contribution in [0.3, 0.4) is 0 Å². The zero-order valence-electron chi connectivity index (χ0n) is 16.3. The molecule has 2 fully saturated rings. The van der Waals surface area contributed by atoms with Gasteiger partial charge in [-0.05, 0) is 32.0 Å². The minimum absolute atomic E-state index is 0.0781. The van der Waals surface area contributed by atoms with E-state index in [1.165, 1.54) is 0 Å². The molecule has 2 aliphatic heterocycles. The van der Waals surface area contributed by atoms with Gasteiger partial charge in [0, 0.05) is 51.8 Å². The number of ether oxygens (including phenoxy) is 1. The number of likely N-dealkylation sites (N-methyl/N-ethyl adjacent to an activating group) is 1. The Morgan fingerprint density at radius 3 is 2.93 bits per heavy atom. The van der Waals surface area contributed by atoms with Crippen molar-refractivity contribution < 1.29 is 18.7 Å². The third kappa shape index (κ3) is 4.62. The predicted molar refractivity (Wildman–Crippen MR) is 100 cm³/mol. The Hall–Kier alpha value is -2.06. The first-order chi connectivity index (χ1) is 13.0. The van der Waals surface area contributed by atoms with Crippen LogP contribution in [0.2, 0.25) is 0 Å². The van der Waals surface area contributed by atoms with Gasteiger partial charge in [0.2, 0.25) is 5.91 Å². The maximum atomic E-state index is 12.6. The summed E-state index contributed by atoms with van der Waals surface area (Å²) in [5.41, 5.74) is -0.155. The van der Waals surface area contributed by atoms with Crippen molar-refractivity contribution in [3.63, 3.8) is 0 Å². The Morgan fingerprint density at radius 2 is 2.19 bits per heavy atom. The molecule has 0 unspecified atom stereocenters. The van der Waals surface area contributed by atoms with Crippen molar-refractivity contribution in [2.24, 2.45) is 0 Å². The van der Waals surface area contributed by atoms with Crippen molar-refractivity contribution >= 4 is 11.9 Å². The number of nitrogens with one attached hydrogen (secondary N) is 1. The normalized spacial score (nSPS) is 24.3. The Morgan fingerprint density at radius 1 is 1.33 bits per heavy atom. The molecule has 0 radical (unpaired) electrons. The summed E-state index contributed by atoms with van der Waals surface area (Å²) in [6.07, 6.45) is 3.74. The lowest BCUT2D eigenvalue weighted by Gasteiger charge is -2.49. The summed E-state index contributed by atoms with van der Waals surface area (Å²) in [6, 6.07) is 3.58. The SMILES string of the molecule is COCCN1CC[C@]2(CCC1=O)CN(C(=O)NCc1ccco1)CCN2C. The summed E-state index contributed by atoms with van der Waals surface area (Å²) in [5, 5.41) is 2.93. The first-order valence-electron chi connectivity index (χ1n) is 9.57. The largest absolute Gasteiger partial charge is 0.467 e. The number of rotatable bonds is 5. The van der Waals surface area contributed by atoms with Crippen LogP contribution in [0.15, 0.2) is 22.8 Å². The van der Waals surface area contributed by atoms with E-state index in [0.717, 1.165) is 25.1 Å². The lowest BCUT2D eigenvalue weighted by Crippen LogP contribution is -2.63. The highest BCUT2D eigenvalue weighted by Crippen LogP contribution is 2.32. The molecule has 3 rings (SSSR count). The van der Waals surface area contributed by atoms with Gasteiger partial charge >= 0.3 is 6.03 Å². The van der Waals surface area contributed by atoms with Gasteiger partial charge in [0.15, 0.2) is 0 Å². The topological polar surface area (TPSA) is 78.3 Å². The second kappa shape index (κ2) is 8.75. The van der Waals surface area contributed by atoms with Crippen LogP contribution in [-0.4, -0.2) is 85.7 Å². The number of hydrogen-bond donors (Lipinski definition) is 1. The number of nitrogens with zero attached hydrogens (tertiary/aromatic N) is 3. The monoisotopic (exact) mass is 378 g/mol. The molecular formula is C19H30N4O4. The van der Waals surface area contributed by atoms with Crippen LogP contribution in [0, 0.1) is 0 Å². The van der Waals surface area contributed by atoms with Crippen LogP contribution >= 0.6 is 0 Å². The first kappa shape index (κ1) is 19.7. The summed E-state index contributed by atoms with van der Waals surface area (Å²) in [6.45, 7) is 4.39. The molecule has 2 aliphatic rings. The lowest BCUT2D eigenvalue weighted by molar-refractivity contribution is -0.131. The Balaban J connectivity index is 1.61. The molecule has 150 valence electrons. The number of methoxy groups -OCH3 is 1. The molecular weight excluding hydrogens is 348 g/mol. The van der Waals surface area contributed by atoms with Gasteiger partial charge in [0.1, 0.15) is 5.76 Å². The van der Waals surface area contributed by atoms with Crippen molar-refractivity contribution in [1.29, 1.82) is 0 Å². The number of hydrogen-bond acceptors (Lipinski definition) is 5. The van der Waals surface area contributed by atoms with Gasteiger partial charge in [-0.1, -0.05) is 0 Å². The second-order valence-electron chi connectivity index (χ2n) is 7.43. The van der Waals surface area contributed by atoms with Crippen molar-refractivity contribution in [1.82, 2.24) is 20.0 Å². The minimum Gasteiger partial charge on any atom is -0.467 e. The van der Waals surface area contributed by atoms with Gasteiger partial charge in [0.25, 0.3) is 0 Å². The third-order valence-corrected chi connectivity index (χ3v) is 5.85. The van der Waals surface area contributed by atoms with Crippen molar-refractivity contribution in [2.45, 2.75) is 31.3 Å². The smallest absolute Gasteiger partial charge is 0.317 e. The summed E-state index contributed by atoms with van der Waals surface area (Å²) < 4.78 is 10.4. The Bertz CT molecular complexity index is 636. The van der Waals surface area contributed by atoms with E-state index in [9.17, 15) is 9.59 Å². The highest BCUT2D eigenvalue weighted by Gasteiger charge is 2.43. The number of furan rings is 1. The maximum absolute atomic E-state index is 12.6. The standard InChI is InChI=1S/C19H30N4O4/c1-21-9-10-23(18(25)20-14-16-4-3-12-27-16)15-19(21)6-5-17(24)22(8-7-19)11-13-26-2/h3-4,12H,5-11,13-15H2,1-2H3,(H,20,25)/t19-/m1/s1. The van der Waals surface area contributed by atoms with E-state index in [1.807, 2.05) is 21.9 Å². The minimum atomic E-state index is -0.155. The lowest BCUT2D eigenvalue weighted by atomic mass is 9.86. The van der Waals surface area contributed by atoms with Gasteiger partial charge in [-0.15, -0.1) is 0 Å². The Kier molecular flexibility index (Phi) is 6.38. The molecule has 1 N–H and O–H groups in total. The van der Waals surface area contributed by atoms with Crippen LogP contribution in [-0.2, 0) is 16.1 Å². The van der Waals surface area contributed by atoms with E-state index < -0.39 is 0 Å². The highest BCUT2D eigenvalue weighted by molar-refractivity contribution is 5.77. The average Bonchev–Trinajstić information content (AvgIpc) is 3.14. The number of likely N-dealkylation sites (tertiary alicyclic amines) is 1. The molecule has 0 aromatic carbocycles. The molecule has 8 nitrogen and oxygen atoms in total. The number of carbonyl (C=O) groups is 2. The summed E-state index contributed by atoms with van der Waals surface area (Å²) >= 11 is 0. The van der Waals surface area contributed by atoms with E-state index in [-0.39, 0.29) is 17.5 Å². The number of carbonyl (C=O) groups excluding carboxylic acids is 2. The highest BCUT2D eigenvalue weighted by atomic mass is 16.5. The van der Waals surface area contributed by atoms with E-state index in [4.69, 9.17) is 9.15 Å². The van der Waals surface area contributed by atoms with Crippen LogP contribution in [0.4, 0.5) is 4.79 Å². The van der Waals surface area contributed by atoms with Gasteiger partial charge in [-0.3, -0.25) is 9.69 Å². The van der Waals surface area contributed by atoms with Crippen molar-refractivity contribution in [3.05, 3.63) is 24.2 Å². The van der Waals surface area contributed by atoms with E-state index in [1.54, 1.807) is 13.4 Å². The van der Waals surface area contributed by atoms with Gasteiger partial charge in [-0.25, -0.2) is 4.79 Å². The predicted octanol–water partition coefficient (Wildman–Crippen LogP) is 1.13. The number of piperazine rings is 1. The molecule has 8 heteroatoms. The molecule has 3 heterocycles. The van der Waals surface area contributed by atoms with Gasteiger partial charge in [0.05, 0.1) is 19.4 Å². The van der Waals surface area contributed by atoms with Crippen LogP contribution in [0.5, 0.6) is 0 Å². The molecule has 0 aliphatic carbocycles. The Labute approximate surface area is 160 Å². The molecule has 2 saturated heterocycles. The quantitative estimate of drug-likeness (QED) is 0.831. The number of urea groups is 1. The average molecular weight is 378 g/mol. The number of amides is 3. The molecule has 1 atom stereocenters. The maximum Gasteiger partial charge on any atom is 0.317 e. The fraction of sp³-hybridized carbons (Fsp3) is 0.684. The molecule has 27 heavy (non-hydrogen) atoms. The molecule has 1 spiro atoms. The van der Waals surface area contributed by atoms with Gasteiger partial charge in [-0.2, -0.15) is 0 Å². The third-order valence-electron chi connectivity index (χ3n) is 5.85. The van der Waals surface area contributed by atoms with E-state index >= 15 is 0 Å². The fourth-order valence-electron chi connectivity index (χ4n) is 3.99. The summed E-state index contributed by atoms with van der Waals surface area (Å²) in [5.74, 6) is 0.915. The van der Waals surface area contributed by atoms with Crippen LogP contribution in [0.1, 0.15) is 25.0 Å². The zero-order chi connectivity index (χ0) is 19.3. The fourth-order valence-corrected chi connectivity index (χ4v) is 3.99. The van der Waals surface area contributed by atoms with Crippen LogP contribution < -0.4 is 5.32 Å². The molecule has 1 aromatic heterocycles. The molecule has 3 amide bonds. The second-order valence-corrected chi connectivity index (χ2v) is 7.43.